The van der Waals surface area contributed by atoms with Crippen molar-refractivity contribution in [1.82, 2.24) is 15.0 Å². The summed E-state index contributed by atoms with van der Waals surface area (Å²) in [6.45, 7) is 5.71. The summed E-state index contributed by atoms with van der Waals surface area (Å²) in [5.74, 6) is -6.26. The maximum Gasteiger partial charge on any atom is 0.350 e. The molecule has 4 rings (SSSR count). The van der Waals surface area contributed by atoms with Crippen LogP contribution in [0.5, 0.6) is 0 Å². The topological polar surface area (TPSA) is 168 Å². The molecule has 0 unspecified atom stereocenters. The van der Waals surface area contributed by atoms with E-state index >= 15 is 0 Å². The summed E-state index contributed by atoms with van der Waals surface area (Å²) in [5.41, 5.74) is -0.186. The fourth-order valence-corrected chi connectivity index (χ4v) is 3.05. The van der Waals surface area contributed by atoms with Crippen LogP contribution >= 0.6 is 0 Å². The Morgan fingerprint density at radius 3 is 1.42 bits per heavy atom. The Hall–Kier alpha value is -4.81. The molecule has 0 atom stereocenters. The maximum atomic E-state index is 12.2. The fourth-order valence-electron chi connectivity index (χ4n) is 3.05. The van der Waals surface area contributed by atoms with Gasteiger partial charge in [-0.1, -0.05) is 30.3 Å². The van der Waals surface area contributed by atoms with Crippen LogP contribution in [0.4, 0.5) is 11.9 Å². The van der Waals surface area contributed by atoms with E-state index in [4.69, 9.17) is 18.9 Å². The van der Waals surface area contributed by atoms with Crippen LogP contribution in [0.1, 0.15) is 27.7 Å². The molecule has 2 aliphatic rings. The Balaban J connectivity index is 1.64. The van der Waals surface area contributed by atoms with E-state index in [1.54, 1.807) is 30.3 Å². The minimum absolute atomic E-state index is 0.0717. The molecule has 0 bridgehead atoms. The van der Waals surface area contributed by atoms with Crippen molar-refractivity contribution in [3.8, 4) is 11.4 Å². The highest BCUT2D eigenvalue weighted by Crippen LogP contribution is 2.24. The lowest BCUT2D eigenvalue weighted by molar-refractivity contribution is -0.224. The van der Waals surface area contributed by atoms with Gasteiger partial charge in [0.15, 0.2) is 17.0 Å². The van der Waals surface area contributed by atoms with E-state index in [-0.39, 0.29) is 17.7 Å². The second kappa shape index (κ2) is 9.09. The molecule has 13 nitrogen and oxygen atoms in total. The van der Waals surface area contributed by atoms with Gasteiger partial charge < -0.3 is 29.6 Å². The van der Waals surface area contributed by atoms with Crippen LogP contribution in [-0.2, 0) is 38.1 Å². The van der Waals surface area contributed by atoms with Gasteiger partial charge in [-0.05, 0) is 0 Å². The van der Waals surface area contributed by atoms with Crippen molar-refractivity contribution < 1.29 is 38.1 Å². The van der Waals surface area contributed by atoms with Crippen molar-refractivity contribution in [2.75, 3.05) is 10.6 Å². The Bertz CT molecular complexity index is 1190. The second-order valence-electron chi connectivity index (χ2n) is 8.43. The summed E-state index contributed by atoms with van der Waals surface area (Å²) in [6, 6.07) is 8.84. The van der Waals surface area contributed by atoms with Gasteiger partial charge in [0, 0.05) is 45.7 Å². The van der Waals surface area contributed by atoms with E-state index in [1.165, 1.54) is 27.7 Å². The number of hydrogen-bond acceptors (Lipinski definition) is 13. The number of rotatable bonds is 5. The number of ether oxygens (including phenoxy) is 4. The molecule has 2 N–H and O–H groups in total. The van der Waals surface area contributed by atoms with Gasteiger partial charge in [-0.3, -0.25) is 0 Å². The first-order valence-corrected chi connectivity index (χ1v) is 10.6. The maximum absolute atomic E-state index is 12.2. The molecule has 2 saturated heterocycles. The van der Waals surface area contributed by atoms with E-state index < -0.39 is 46.6 Å². The third-order valence-electron chi connectivity index (χ3n) is 4.59. The quantitative estimate of drug-likeness (QED) is 0.350. The van der Waals surface area contributed by atoms with E-state index in [0.717, 1.165) is 12.4 Å². The number of aromatic nitrogens is 3. The summed E-state index contributed by atoms with van der Waals surface area (Å²) >= 11 is 0. The molecule has 0 aliphatic carbocycles. The summed E-state index contributed by atoms with van der Waals surface area (Å²) in [7, 11) is 0. The van der Waals surface area contributed by atoms with Crippen molar-refractivity contribution in [2.45, 2.75) is 39.3 Å². The molecule has 2 aromatic rings. The smallest absolute Gasteiger partial charge is 0.350 e. The van der Waals surface area contributed by atoms with Gasteiger partial charge in [0.2, 0.25) is 11.9 Å². The molecule has 0 saturated carbocycles. The third kappa shape index (κ3) is 5.46. The van der Waals surface area contributed by atoms with Crippen molar-refractivity contribution in [2.24, 2.45) is 0 Å². The number of cyclic esters (lactones) is 4. The lowest BCUT2D eigenvalue weighted by Gasteiger charge is -2.29. The van der Waals surface area contributed by atoms with E-state index in [9.17, 15) is 19.2 Å². The van der Waals surface area contributed by atoms with Gasteiger partial charge in [-0.15, -0.1) is 0 Å². The standard InChI is InChI=1S/C23H21N5O8/c1-22(2)33-16(29)13(17(30)34-22)10-24-20-26-15(12-8-6-5-7-9-12)27-21(28-20)25-11-14-18(31)35-23(3,4)36-19(14)32/h5-11H,1-4H3,(H2,24,25,26,27,28). The average Bonchev–Trinajstić information content (AvgIpc) is 2.77. The number of nitrogens with one attached hydrogen (secondary N) is 2. The first-order chi connectivity index (χ1) is 16.9. The SMILES string of the molecule is CC1(C)OC(=O)C(=CNc2nc(NC=C3C(=O)OC(C)(C)OC3=O)nc(-c3ccccc3)n2)C(=O)O1. The van der Waals surface area contributed by atoms with Crippen LogP contribution in [0.15, 0.2) is 53.9 Å². The van der Waals surface area contributed by atoms with Crippen LogP contribution < -0.4 is 10.6 Å². The van der Waals surface area contributed by atoms with Gasteiger partial charge in [0.25, 0.3) is 11.6 Å². The number of benzene rings is 1. The number of carbonyl (C=O) groups excluding carboxylic acids is 4. The van der Waals surface area contributed by atoms with Crippen LogP contribution in [0.3, 0.4) is 0 Å². The second-order valence-corrected chi connectivity index (χ2v) is 8.43. The van der Waals surface area contributed by atoms with Gasteiger partial charge in [-0.2, -0.15) is 15.0 Å². The fraction of sp³-hybridized carbons (Fsp3) is 0.261. The number of nitrogens with zero attached hydrogens (tertiary/aromatic N) is 3. The van der Waals surface area contributed by atoms with Crippen LogP contribution in [0, 0.1) is 0 Å². The highest BCUT2D eigenvalue weighted by atomic mass is 16.7. The summed E-state index contributed by atoms with van der Waals surface area (Å²) in [4.78, 5) is 61.5. The molecule has 0 spiro atoms. The Labute approximate surface area is 204 Å². The van der Waals surface area contributed by atoms with Gasteiger partial charge in [-0.25, -0.2) is 19.2 Å². The molecule has 36 heavy (non-hydrogen) atoms. The zero-order valence-corrected chi connectivity index (χ0v) is 19.6. The van der Waals surface area contributed by atoms with Crippen molar-refractivity contribution in [3.05, 3.63) is 53.9 Å². The van der Waals surface area contributed by atoms with E-state index in [2.05, 4.69) is 25.6 Å². The van der Waals surface area contributed by atoms with Crippen molar-refractivity contribution in [3.63, 3.8) is 0 Å². The molecule has 2 fully saturated rings. The number of carbonyl (C=O) groups is 4. The summed E-state index contributed by atoms with van der Waals surface area (Å²) in [5, 5.41) is 5.30. The van der Waals surface area contributed by atoms with Crippen molar-refractivity contribution in [1.29, 1.82) is 0 Å². The molecule has 1 aromatic heterocycles. The Morgan fingerprint density at radius 1 is 0.639 bits per heavy atom. The largest absolute Gasteiger partial charge is 0.419 e. The lowest BCUT2D eigenvalue weighted by atomic mass is 10.2. The summed E-state index contributed by atoms with van der Waals surface area (Å²) in [6.07, 6.45) is 2.09. The van der Waals surface area contributed by atoms with E-state index in [0.29, 0.717) is 5.56 Å². The molecule has 2 aliphatic heterocycles. The molecular formula is C23H21N5O8. The molecule has 1 aromatic carbocycles. The van der Waals surface area contributed by atoms with Gasteiger partial charge in [0.05, 0.1) is 0 Å². The molecule has 186 valence electrons. The van der Waals surface area contributed by atoms with Gasteiger partial charge in [0.1, 0.15) is 0 Å². The predicted octanol–water partition coefficient (Wildman–Crippen LogP) is 1.80. The highest BCUT2D eigenvalue weighted by Gasteiger charge is 2.40. The van der Waals surface area contributed by atoms with Crippen LogP contribution in [0.25, 0.3) is 11.4 Å². The zero-order valence-electron chi connectivity index (χ0n) is 19.6. The minimum atomic E-state index is -1.39. The molecule has 0 amide bonds. The van der Waals surface area contributed by atoms with E-state index in [1.807, 2.05) is 0 Å². The summed E-state index contributed by atoms with van der Waals surface area (Å²) < 4.78 is 20.2. The van der Waals surface area contributed by atoms with Crippen LogP contribution in [-0.4, -0.2) is 50.4 Å². The van der Waals surface area contributed by atoms with Gasteiger partial charge >= 0.3 is 23.9 Å². The molecular weight excluding hydrogens is 474 g/mol. The Kier molecular flexibility index (Phi) is 6.14. The number of anilines is 2. The minimum Gasteiger partial charge on any atom is -0.419 e. The Morgan fingerprint density at radius 2 is 1.03 bits per heavy atom. The molecule has 3 heterocycles. The first kappa shape index (κ1) is 24.3. The lowest BCUT2D eigenvalue weighted by Crippen LogP contribution is -2.42. The predicted molar refractivity (Wildman–Crippen MR) is 121 cm³/mol. The van der Waals surface area contributed by atoms with Crippen molar-refractivity contribution >= 4 is 35.8 Å². The highest BCUT2D eigenvalue weighted by molar-refractivity contribution is 6.16. The average molecular weight is 495 g/mol. The molecule has 0 radical (unpaired) electrons. The monoisotopic (exact) mass is 495 g/mol. The number of hydrogen-bond donors (Lipinski definition) is 2. The molecule has 13 heteroatoms. The number of esters is 4. The third-order valence-corrected chi connectivity index (χ3v) is 4.59. The normalized spacial score (nSPS) is 18.3. The van der Waals surface area contributed by atoms with Crippen LogP contribution in [0.2, 0.25) is 0 Å². The zero-order chi connectivity index (χ0) is 26.1. The first-order valence-electron chi connectivity index (χ1n) is 10.6.